The highest BCUT2D eigenvalue weighted by Crippen LogP contribution is 2.21. The highest BCUT2D eigenvalue weighted by Gasteiger charge is 2.19. The van der Waals surface area contributed by atoms with E-state index < -0.39 is 0 Å². The van der Waals surface area contributed by atoms with Crippen molar-refractivity contribution in [2.24, 2.45) is 7.05 Å². The normalized spacial score (nSPS) is 12.2. The third-order valence-corrected chi connectivity index (χ3v) is 4.62. The van der Waals surface area contributed by atoms with E-state index in [0.717, 1.165) is 11.4 Å². The highest BCUT2D eigenvalue weighted by molar-refractivity contribution is 5.97. The fourth-order valence-corrected chi connectivity index (χ4v) is 3.21. The van der Waals surface area contributed by atoms with Crippen LogP contribution < -0.4 is 5.32 Å². The zero-order chi connectivity index (χ0) is 18.1. The van der Waals surface area contributed by atoms with E-state index in [-0.39, 0.29) is 11.9 Å². The first kappa shape index (κ1) is 16.1. The molecule has 2 aromatic heterocycles. The summed E-state index contributed by atoms with van der Waals surface area (Å²) in [7, 11) is 1.83. The van der Waals surface area contributed by atoms with Gasteiger partial charge in [0, 0.05) is 19.4 Å². The molecule has 1 N–H and O–H groups in total. The van der Waals surface area contributed by atoms with Crippen LogP contribution in [0.15, 0.2) is 73.2 Å². The van der Waals surface area contributed by atoms with E-state index in [9.17, 15) is 4.79 Å². The highest BCUT2D eigenvalue weighted by atomic mass is 16.1. The molecule has 4 aromatic rings. The topological polar surface area (TPSA) is 51.9 Å². The molecule has 2 aromatic carbocycles. The Morgan fingerprint density at radius 3 is 2.54 bits per heavy atom. The average Bonchev–Trinajstić information content (AvgIpc) is 3.30. The summed E-state index contributed by atoms with van der Waals surface area (Å²) in [6.45, 7) is 1.99. The van der Waals surface area contributed by atoms with Crippen LogP contribution in [0.1, 0.15) is 28.9 Å². The molecular weight excluding hydrogens is 324 g/mol. The largest absolute Gasteiger partial charge is 0.345 e. The lowest BCUT2D eigenvalue weighted by molar-refractivity contribution is 0.0940. The minimum atomic E-state index is -0.137. The molecule has 5 nitrogen and oxygen atoms in total. The summed E-state index contributed by atoms with van der Waals surface area (Å²) < 4.78 is 3.60. The van der Waals surface area contributed by atoms with Gasteiger partial charge in [-0.25, -0.2) is 0 Å². The Balaban J connectivity index is 1.60. The second-order valence-electron chi connectivity index (χ2n) is 6.40. The van der Waals surface area contributed by atoms with Crippen molar-refractivity contribution in [3.05, 3.63) is 84.3 Å². The van der Waals surface area contributed by atoms with Crippen molar-refractivity contribution in [3.63, 3.8) is 0 Å². The molecule has 1 unspecified atom stereocenters. The number of amides is 1. The Kier molecular flexibility index (Phi) is 4.05. The van der Waals surface area contributed by atoms with Crippen LogP contribution in [0.3, 0.4) is 0 Å². The van der Waals surface area contributed by atoms with Crippen molar-refractivity contribution in [3.8, 4) is 5.82 Å². The van der Waals surface area contributed by atoms with Gasteiger partial charge in [-0.2, -0.15) is 5.10 Å². The zero-order valence-corrected chi connectivity index (χ0v) is 14.8. The van der Waals surface area contributed by atoms with Crippen LogP contribution in [-0.4, -0.2) is 20.3 Å². The molecule has 0 aliphatic rings. The number of carbonyl (C=O) groups excluding carboxylic acids is 1. The summed E-state index contributed by atoms with van der Waals surface area (Å²) >= 11 is 0. The van der Waals surface area contributed by atoms with Gasteiger partial charge < -0.3 is 9.88 Å². The standard InChI is InChI=1S/C21H20N4O/c1-15(17-10-9-16-7-3-4-8-18(16)13-17)23-20(26)19-14-22-24(2)21(19)25-11-5-6-12-25/h3-15H,1-2H3,(H,23,26). The van der Waals surface area contributed by atoms with Crippen molar-refractivity contribution >= 4 is 16.7 Å². The van der Waals surface area contributed by atoms with Crippen LogP contribution in [0.5, 0.6) is 0 Å². The van der Waals surface area contributed by atoms with E-state index in [1.807, 2.05) is 55.2 Å². The molecule has 0 aliphatic carbocycles. The molecule has 0 spiro atoms. The van der Waals surface area contributed by atoms with Crippen molar-refractivity contribution in [1.82, 2.24) is 19.7 Å². The maximum absolute atomic E-state index is 12.8. The number of aromatic nitrogens is 3. The molecule has 1 amide bonds. The lowest BCUT2D eigenvalue weighted by Gasteiger charge is -2.15. The fourth-order valence-electron chi connectivity index (χ4n) is 3.21. The van der Waals surface area contributed by atoms with Gasteiger partial charge in [-0.05, 0) is 41.5 Å². The van der Waals surface area contributed by atoms with Crippen LogP contribution in [0.2, 0.25) is 0 Å². The summed E-state index contributed by atoms with van der Waals surface area (Å²) in [4.78, 5) is 12.8. The fraction of sp³-hybridized carbons (Fsp3) is 0.143. The van der Waals surface area contributed by atoms with Gasteiger partial charge in [-0.1, -0.05) is 36.4 Å². The second kappa shape index (κ2) is 6.52. The molecule has 0 saturated heterocycles. The number of carbonyl (C=O) groups is 1. The van der Waals surface area contributed by atoms with E-state index >= 15 is 0 Å². The first-order chi connectivity index (χ1) is 12.6. The minimum Gasteiger partial charge on any atom is -0.345 e. The van der Waals surface area contributed by atoms with Crippen molar-refractivity contribution < 1.29 is 4.79 Å². The first-order valence-electron chi connectivity index (χ1n) is 8.58. The molecule has 0 fully saturated rings. The van der Waals surface area contributed by atoms with Gasteiger partial charge in [-0.3, -0.25) is 9.48 Å². The van der Waals surface area contributed by atoms with E-state index in [1.54, 1.807) is 10.9 Å². The lowest BCUT2D eigenvalue weighted by atomic mass is 10.0. The van der Waals surface area contributed by atoms with Crippen LogP contribution in [0.4, 0.5) is 0 Å². The maximum atomic E-state index is 12.8. The number of rotatable bonds is 4. The smallest absolute Gasteiger partial charge is 0.257 e. The summed E-state index contributed by atoms with van der Waals surface area (Å²) in [6.07, 6.45) is 5.42. The van der Waals surface area contributed by atoms with Crippen LogP contribution in [0.25, 0.3) is 16.6 Å². The molecule has 1 atom stereocenters. The van der Waals surface area contributed by atoms with Crippen molar-refractivity contribution in [2.45, 2.75) is 13.0 Å². The Labute approximate surface area is 151 Å². The van der Waals surface area contributed by atoms with Crippen LogP contribution >= 0.6 is 0 Å². The molecule has 0 radical (unpaired) electrons. The third kappa shape index (κ3) is 2.88. The van der Waals surface area contributed by atoms with E-state index in [2.05, 4.69) is 40.7 Å². The Hall–Kier alpha value is -3.34. The SMILES string of the molecule is CC(NC(=O)c1cnn(C)c1-n1cccc1)c1ccc2ccccc2c1. The van der Waals surface area contributed by atoms with Gasteiger partial charge in [0.15, 0.2) is 0 Å². The van der Waals surface area contributed by atoms with E-state index in [4.69, 9.17) is 0 Å². The Bertz CT molecular complexity index is 1060. The number of aryl methyl sites for hydroxylation is 1. The molecule has 0 bridgehead atoms. The van der Waals surface area contributed by atoms with Gasteiger partial charge >= 0.3 is 0 Å². The number of nitrogens with one attached hydrogen (secondary N) is 1. The Morgan fingerprint density at radius 2 is 1.77 bits per heavy atom. The number of nitrogens with zero attached hydrogens (tertiary/aromatic N) is 3. The van der Waals surface area contributed by atoms with Gasteiger partial charge in [0.25, 0.3) is 5.91 Å². The van der Waals surface area contributed by atoms with Gasteiger partial charge in [0.2, 0.25) is 0 Å². The molecule has 0 saturated carbocycles. The number of hydrogen-bond donors (Lipinski definition) is 1. The predicted molar refractivity (Wildman–Crippen MR) is 102 cm³/mol. The molecule has 0 aliphatic heterocycles. The average molecular weight is 344 g/mol. The van der Waals surface area contributed by atoms with Crippen LogP contribution in [-0.2, 0) is 7.05 Å². The Morgan fingerprint density at radius 1 is 1.04 bits per heavy atom. The second-order valence-corrected chi connectivity index (χ2v) is 6.40. The summed E-state index contributed by atoms with van der Waals surface area (Å²) in [6, 6.07) is 18.2. The van der Waals surface area contributed by atoms with E-state index in [0.29, 0.717) is 5.56 Å². The molecular formula is C21H20N4O. The maximum Gasteiger partial charge on any atom is 0.257 e. The molecule has 130 valence electrons. The van der Waals surface area contributed by atoms with E-state index in [1.165, 1.54) is 10.8 Å². The van der Waals surface area contributed by atoms with Gasteiger partial charge in [-0.15, -0.1) is 0 Å². The quantitative estimate of drug-likeness (QED) is 0.611. The summed E-state index contributed by atoms with van der Waals surface area (Å²) in [5.41, 5.74) is 1.62. The molecule has 5 heteroatoms. The summed E-state index contributed by atoms with van der Waals surface area (Å²) in [5, 5.41) is 9.70. The number of hydrogen-bond acceptors (Lipinski definition) is 2. The molecule has 2 heterocycles. The zero-order valence-electron chi connectivity index (χ0n) is 14.8. The third-order valence-electron chi connectivity index (χ3n) is 4.62. The lowest BCUT2D eigenvalue weighted by Crippen LogP contribution is -2.27. The summed E-state index contributed by atoms with van der Waals surface area (Å²) in [5.74, 6) is 0.612. The van der Waals surface area contributed by atoms with Crippen molar-refractivity contribution in [1.29, 1.82) is 0 Å². The number of benzene rings is 2. The predicted octanol–water partition coefficient (Wildman–Crippen LogP) is 3.86. The van der Waals surface area contributed by atoms with Gasteiger partial charge in [0.05, 0.1) is 12.2 Å². The minimum absolute atomic E-state index is 0.107. The molecule has 26 heavy (non-hydrogen) atoms. The molecule has 4 rings (SSSR count). The van der Waals surface area contributed by atoms with Gasteiger partial charge in [0.1, 0.15) is 11.4 Å². The first-order valence-corrected chi connectivity index (χ1v) is 8.58. The van der Waals surface area contributed by atoms with Crippen LogP contribution in [0, 0.1) is 0 Å². The monoisotopic (exact) mass is 344 g/mol. The number of fused-ring (bicyclic) bond motifs is 1. The van der Waals surface area contributed by atoms with Crippen molar-refractivity contribution in [2.75, 3.05) is 0 Å².